The van der Waals surface area contributed by atoms with Crippen molar-refractivity contribution >= 4 is 17.7 Å². The molecule has 1 aliphatic heterocycles. The number of rotatable bonds is 6. The average molecular weight is 388 g/mol. The number of methoxy groups -OCH3 is 1. The van der Waals surface area contributed by atoms with Crippen LogP contribution in [-0.2, 0) is 18.9 Å². The Morgan fingerprint density at radius 1 is 1.38 bits per heavy atom. The van der Waals surface area contributed by atoms with Crippen LogP contribution in [0.4, 0.5) is 4.79 Å². The summed E-state index contributed by atoms with van der Waals surface area (Å²) < 4.78 is 23.3. The first-order chi connectivity index (χ1) is 12.1. The summed E-state index contributed by atoms with van der Waals surface area (Å²) in [5.41, 5.74) is 0.708. The van der Waals surface area contributed by atoms with Crippen molar-refractivity contribution in [2.75, 3.05) is 13.7 Å². The summed E-state index contributed by atoms with van der Waals surface area (Å²) in [6.45, 7) is 8.08. The van der Waals surface area contributed by atoms with Crippen LogP contribution < -0.4 is 5.32 Å². The minimum atomic E-state index is -0.671. The van der Waals surface area contributed by atoms with Crippen LogP contribution in [0, 0.1) is 5.92 Å². The van der Waals surface area contributed by atoms with Crippen LogP contribution in [0.2, 0.25) is 0 Å². The first-order valence-electron chi connectivity index (χ1n) is 9.29. The van der Waals surface area contributed by atoms with E-state index in [0.717, 1.165) is 19.3 Å². The highest BCUT2D eigenvalue weighted by Gasteiger charge is 2.55. The first-order valence-corrected chi connectivity index (χ1v) is 9.72. The Morgan fingerprint density at radius 3 is 2.62 bits per heavy atom. The molecule has 0 spiro atoms. The van der Waals surface area contributed by atoms with Gasteiger partial charge in [0, 0.05) is 19.4 Å². The molecule has 0 radical (unpaired) electrons. The smallest absolute Gasteiger partial charge is 0.407 e. The van der Waals surface area contributed by atoms with E-state index >= 15 is 0 Å². The number of ether oxygens (including phenoxy) is 4. The van der Waals surface area contributed by atoms with Gasteiger partial charge in [0.25, 0.3) is 0 Å². The summed E-state index contributed by atoms with van der Waals surface area (Å²) in [7, 11) is 1.68. The third-order valence-corrected chi connectivity index (χ3v) is 5.47. The number of carbonyl (C=O) groups excluding carboxylic acids is 1. The van der Waals surface area contributed by atoms with Gasteiger partial charge in [-0.15, -0.1) is 11.6 Å². The Balaban J connectivity index is 1.62. The number of amides is 1. The number of nitrogens with one attached hydrogen (secondary N) is 1. The maximum absolute atomic E-state index is 12.2. The SMILES string of the molecule is COC[C@H]1C[C@@H](NC(=O)OC(C)(C)C)[C@@H]2OC(C)(CCC3=C[C@H]3Cl)O[C@H]12. The van der Waals surface area contributed by atoms with Gasteiger partial charge in [0.1, 0.15) is 11.7 Å². The zero-order valence-electron chi connectivity index (χ0n) is 16.2. The van der Waals surface area contributed by atoms with Gasteiger partial charge in [-0.05, 0) is 40.5 Å². The van der Waals surface area contributed by atoms with Gasteiger partial charge in [-0.1, -0.05) is 11.6 Å². The van der Waals surface area contributed by atoms with E-state index in [-0.39, 0.29) is 29.5 Å². The Bertz CT molecular complexity index is 575. The second-order valence-electron chi connectivity index (χ2n) is 8.65. The molecule has 2 fully saturated rings. The molecular formula is C19H30ClNO5. The maximum atomic E-state index is 12.2. The molecule has 1 saturated heterocycles. The molecular weight excluding hydrogens is 358 g/mol. The lowest BCUT2D eigenvalue weighted by atomic mass is 10.1. The van der Waals surface area contributed by atoms with E-state index < -0.39 is 17.5 Å². The lowest BCUT2D eigenvalue weighted by Crippen LogP contribution is -2.45. The van der Waals surface area contributed by atoms with Gasteiger partial charge in [-0.25, -0.2) is 4.79 Å². The molecule has 6 nitrogen and oxygen atoms in total. The van der Waals surface area contributed by atoms with Crippen molar-refractivity contribution in [1.29, 1.82) is 0 Å². The second-order valence-corrected chi connectivity index (χ2v) is 9.12. The minimum Gasteiger partial charge on any atom is -0.444 e. The van der Waals surface area contributed by atoms with Gasteiger partial charge in [-0.2, -0.15) is 0 Å². The number of allylic oxidation sites excluding steroid dienone is 2. The maximum Gasteiger partial charge on any atom is 0.407 e. The molecule has 0 aromatic carbocycles. The van der Waals surface area contributed by atoms with Gasteiger partial charge >= 0.3 is 6.09 Å². The summed E-state index contributed by atoms with van der Waals surface area (Å²) >= 11 is 6.02. The first kappa shape index (κ1) is 19.9. The quantitative estimate of drug-likeness (QED) is 0.559. The molecule has 0 bridgehead atoms. The molecule has 1 amide bonds. The van der Waals surface area contributed by atoms with Gasteiger partial charge in [0.05, 0.1) is 24.1 Å². The van der Waals surface area contributed by atoms with E-state index in [9.17, 15) is 4.79 Å². The summed E-state index contributed by atoms with van der Waals surface area (Å²) in [6.07, 6.45) is 3.67. The highest BCUT2D eigenvalue weighted by molar-refractivity contribution is 6.26. The van der Waals surface area contributed by atoms with Crippen LogP contribution in [0.15, 0.2) is 11.6 Å². The molecule has 26 heavy (non-hydrogen) atoms. The van der Waals surface area contributed by atoms with Crippen LogP contribution >= 0.6 is 11.6 Å². The summed E-state index contributed by atoms with van der Waals surface area (Å²) in [6, 6.07) is -0.155. The van der Waals surface area contributed by atoms with Crippen LogP contribution in [0.3, 0.4) is 0 Å². The molecule has 2 aliphatic carbocycles. The number of hydrogen-bond acceptors (Lipinski definition) is 5. The van der Waals surface area contributed by atoms with Crippen molar-refractivity contribution in [2.24, 2.45) is 5.92 Å². The molecule has 7 heteroatoms. The molecule has 1 heterocycles. The van der Waals surface area contributed by atoms with Gasteiger partial charge < -0.3 is 24.3 Å². The fraction of sp³-hybridized carbons (Fsp3) is 0.842. The van der Waals surface area contributed by atoms with Crippen LogP contribution in [0.25, 0.3) is 0 Å². The number of fused-ring (bicyclic) bond motifs is 1. The standard InChI is InChI=1S/C19H30ClNO5/c1-18(2,3)26-17(22)21-14-9-12(10-23-5)15-16(14)25-19(4,24-15)7-6-11-8-13(11)20/h8,12-16H,6-7,9-10H2,1-5H3,(H,21,22)/t12-,13-,14-,15-,16+,19?/m1/s1. The lowest BCUT2D eigenvalue weighted by molar-refractivity contribution is -0.178. The monoisotopic (exact) mass is 387 g/mol. The number of carbonyl (C=O) groups is 1. The molecule has 3 aliphatic rings. The zero-order valence-corrected chi connectivity index (χ0v) is 17.0. The van der Waals surface area contributed by atoms with Crippen molar-refractivity contribution in [3.8, 4) is 0 Å². The molecule has 148 valence electrons. The van der Waals surface area contributed by atoms with E-state index in [1.165, 1.54) is 5.57 Å². The van der Waals surface area contributed by atoms with E-state index in [1.54, 1.807) is 7.11 Å². The van der Waals surface area contributed by atoms with E-state index in [0.29, 0.717) is 6.61 Å². The Labute approximate surface area is 160 Å². The Morgan fingerprint density at radius 2 is 2.04 bits per heavy atom. The van der Waals surface area contributed by atoms with Crippen molar-refractivity contribution in [3.05, 3.63) is 11.6 Å². The highest BCUT2D eigenvalue weighted by Crippen LogP contribution is 2.45. The largest absolute Gasteiger partial charge is 0.444 e. The predicted molar refractivity (Wildman–Crippen MR) is 98.2 cm³/mol. The highest BCUT2D eigenvalue weighted by atomic mass is 35.5. The van der Waals surface area contributed by atoms with Crippen LogP contribution in [0.5, 0.6) is 0 Å². The number of alkyl halides is 1. The lowest BCUT2D eigenvalue weighted by Gasteiger charge is -2.28. The summed E-state index contributed by atoms with van der Waals surface area (Å²) in [4.78, 5) is 12.2. The topological polar surface area (TPSA) is 66.0 Å². The third-order valence-electron chi connectivity index (χ3n) is 5.07. The zero-order chi connectivity index (χ0) is 19.1. The number of alkyl carbamates (subject to hydrolysis) is 1. The molecule has 1 unspecified atom stereocenters. The van der Waals surface area contributed by atoms with Crippen LogP contribution in [0.1, 0.15) is 47.0 Å². The normalized spacial score (nSPS) is 38.7. The van der Waals surface area contributed by atoms with Crippen molar-refractivity contribution < 1.29 is 23.7 Å². The number of hydrogen-bond donors (Lipinski definition) is 1. The molecule has 6 atom stereocenters. The van der Waals surface area contributed by atoms with Gasteiger partial charge in [0.2, 0.25) is 0 Å². The number of halogens is 1. The molecule has 1 N–H and O–H groups in total. The predicted octanol–water partition coefficient (Wildman–Crippen LogP) is 3.37. The summed E-state index contributed by atoms with van der Waals surface area (Å²) in [5.74, 6) is -0.497. The minimum absolute atomic E-state index is 0.0973. The van der Waals surface area contributed by atoms with E-state index in [2.05, 4.69) is 5.32 Å². The molecule has 3 rings (SSSR count). The fourth-order valence-electron chi connectivity index (χ4n) is 3.83. The Hall–Kier alpha value is -0.820. The average Bonchev–Trinajstić information content (AvgIpc) is 2.98. The molecule has 1 saturated carbocycles. The Kier molecular flexibility index (Phi) is 5.60. The molecule has 0 aromatic heterocycles. The second kappa shape index (κ2) is 7.30. The van der Waals surface area contributed by atoms with Gasteiger partial charge in [0.15, 0.2) is 5.79 Å². The summed E-state index contributed by atoms with van der Waals surface area (Å²) in [5, 5.41) is 3.06. The van der Waals surface area contributed by atoms with Crippen molar-refractivity contribution in [3.63, 3.8) is 0 Å². The van der Waals surface area contributed by atoms with Gasteiger partial charge in [-0.3, -0.25) is 0 Å². The van der Waals surface area contributed by atoms with Crippen molar-refractivity contribution in [1.82, 2.24) is 5.32 Å². The third kappa shape index (κ3) is 4.71. The molecule has 0 aromatic rings. The van der Waals surface area contributed by atoms with Crippen LogP contribution in [-0.4, -0.2) is 54.8 Å². The van der Waals surface area contributed by atoms with E-state index in [4.69, 9.17) is 30.5 Å². The van der Waals surface area contributed by atoms with E-state index in [1.807, 2.05) is 33.8 Å². The van der Waals surface area contributed by atoms with Crippen molar-refractivity contribution in [2.45, 2.75) is 82.0 Å². The fourth-order valence-corrected chi connectivity index (χ4v) is 4.11.